The second kappa shape index (κ2) is 5.57. The number of aromatic nitrogens is 1. The highest BCUT2D eigenvalue weighted by Gasteiger charge is 2.09. The molecule has 1 aromatic heterocycles. The largest absolute Gasteiger partial charge is 0.360 e. The number of ketones is 1. The minimum absolute atomic E-state index is 0.235. The van der Waals surface area contributed by atoms with Gasteiger partial charge in [0.25, 0.3) is 0 Å². The van der Waals surface area contributed by atoms with Crippen molar-refractivity contribution in [1.29, 1.82) is 0 Å². The highest BCUT2D eigenvalue weighted by atomic mass is 16.1. The van der Waals surface area contributed by atoms with Crippen LogP contribution in [0.1, 0.15) is 24.5 Å². The molecule has 0 aliphatic carbocycles. The standard InChI is InChI=1S/C19H19NO/c1-13-6-9-15(10-7-13)17-4-3-5-18-16(11-8-14(2)21)12-20-19(17)18/h3-7,9-10,12,20H,8,11H2,1-2H3. The third kappa shape index (κ3) is 2.75. The van der Waals surface area contributed by atoms with Gasteiger partial charge in [0.15, 0.2) is 0 Å². The SMILES string of the molecule is CC(=O)CCc1c[nH]c2c(-c3ccc(C)cc3)cccc12. The van der Waals surface area contributed by atoms with Crippen molar-refractivity contribution >= 4 is 16.7 Å². The Morgan fingerprint density at radius 3 is 2.57 bits per heavy atom. The van der Waals surface area contributed by atoms with Crippen molar-refractivity contribution in [2.45, 2.75) is 26.7 Å². The van der Waals surface area contributed by atoms with Crippen molar-refractivity contribution in [2.24, 2.45) is 0 Å². The molecule has 0 aliphatic rings. The topological polar surface area (TPSA) is 32.9 Å². The van der Waals surface area contributed by atoms with E-state index in [9.17, 15) is 4.79 Å². The van der Waals surface area contributed by atoms with Crippen LogP contribution in [-0.4, -0.2) is 10.8 Å². The Bertz CT molecular complexity index is 781. The van der Waals surface area contributed by atoms with E-state index in [-0.39, 0.29) is 5.78 Å². The number of fused-ring (bicyclic) bond motifs is 1. The van der Waals surface area contributed by atoms with E-state index in [2.05, 4.69) is 54.4 Å². The lowest BCUT2D eigenvalue weighted by atomic mass is 9.99. The van der Waals surface area contributed by atoms with Gasteiger partial charge >= 0.3 is 0 Å². The second-order valence-electron chi connectivity index (χ2n) is 5.61. The molecule has 0 amide bonds. The van der Waals surface area contributed by atoms with E-state index in [1.165, 1.54) is 27.6 Å². The van der Waals surface area contributed by atoms with Crippen LogP contribution in [0.5, 0.6) is 0 Å². The number of nitrogens with one attached hydrogen (secondary N) is 1. The van der Waals surface area contributed by atoms with E-state index >= 15 is 0 Å². The number of hydrogen-bond donors (Lipinski definition) is 1. The zero-order chi connectivity index (χ0) is 14.8. The summed E-state index contributed by atoms with van der Waals surface area (Å²) < 4.78 is 0. The lowest BCUT2D eigenvalue weighted by Crippen LogP contribution is -1.92. The van der Waals surface area contributed by atoms with Crippen molar-refractivity contribution in [3.63, 3.8) is 0 Å². The summed E-state index contributed by atoms with van der Waals surface area (Å²) in [6.07, 6.45) is 3.43. The van der Waals surface area contributed by atoms with Crippen LogP contribution in [0.15, 0.2) is 48.7 Å². The summed E-state index contributed by atoms with van der Waals surface area (Å²) in [4.78, 5) is 14.6. The summed E-state index contributed by atoms with van der Waals surface area (Å²) in [7, 11) is 0. The summed E-state index contributed by atoms with van der Waals surface area (Å²) in [5.41, 5.74) is 6.06. The summed E-state index contributed by atoms with van der Waals surface area (Å²) in [6, 6.07) is 14.9. The average Bonchev–Trinajstić information content (AvgIpc) is 2.89. The van der Waals surface area contributed by atoms with E-state index < -0.39 is 0 Å². The molecule has 0 unspecified atom stereocenters. The first-order chi connectivity index (χ1) is 10.1. The van der Waals surface area contributed by atoms with Gasteiger partial charge in [0.05, 0.1) is 5.52 Å². The molecular formula is C19H19NO. The van der Waals surface area contributed by atoms with Gasteiger partial charge in [-0.25, -0.2) is 0 Å². The number of aromatic amines is 1. The molecule has 0 saturated heterocycles. The van der Waals surface area contributed by atoms with Crippen molar-refractivity contribution in [1.82, 2.24) is 4.98 Å². The molecule has 2 heteroatoms. The number of para-hydroxylation sites is 1. The van der Waals surface area contributed by atoms with E-state index in [0.717, 1.165) is 11.9 Å². The minimum atomic E-state index is 0.235. The molecule has 2 nitrogen and oxygen atoms in total. The fourth-order valence-corrected chi connectivity index (χ4v) is 2.70. The number of carbonyl (C=O) groups is 1. The Labute approximate surface area is 124 Å². The monoisotopic (exact) mass is 277 g/mol. The van der Waals surface area contributed by atoms with Crippen molar-refractivity contribution < 1.29 is 4.79 Å². The lowest BCUT2D eigenvalue weighted by Gasteiger charge is -2.05. The van der Waals surface area contributed by atoms with Crippen LogP contribution >= 0.6 is 0 Å². The van der Waals surface area contributed by atoms with E-state index in [1.54, 1.807) is 6.92 Å². The number of aryl methyl sites for hydroxylation is 2. The van der Waals surface area contributed by atoms with Crippen LogP contribution in [0.2, 0.25) is 0 Å². The maximum atomic E-state index is 11.2. The first-order valence-electron chi connectivity index (χ1n) is 7.30. The molecule has 0 bridgehead atoms. The summed E-state index contributed by atoms with van der Waals surface area (Å²) in [5, 5.41) is 1.22. The first kappa shape index (κ1) is 13.6. The Morgan fingerprint density at radius 1 is 1.10 bits per heavy atom. The van der Waals surface area contributed by atoms with Crippen LogP contribution in [0.25, 0.3) is 22.0 Å². The van der Waals surface area contributed by atoms with Gasteiger partial charge in [-0.15, -0.1) is 0 Å². The quantitative estimate of drug-likeness (QED) is 0.739. The molecule has 0 aliphatic heterocycles. The zero-order valence-electron chi connectivity index (χ0n) is 12.4. The number of benzene rings is 2. The van der Waals surface area contributed by atoms with Crippen molar-refractivity contribution in [2.75, 3.05) is 0 Å². The minimum Gasteiger partial charge on any atom is -0.360 e. The van der Waals surface area contributed by atoms with Gasteiger partial charge < -0.3 is 9.78 Å². The van der Waals surface area contributed by atoms with Gasteiger partial charge in [0, 0.05) is 23.6 Å². The number of carbonyl (C=O) groups excluding carboxylic acids is 1. The molecular weight excluding hydrogens is 258 g/mol. The third-order valence-corrected chi connectivity index (χ3v) is 3.91. The van der Waals surface area contributed by atoms with Crippen molar-refractivity contribution in [3.05, 3.63) is 59.8 Å². The van der Waals surface area contributed by atoms with Crippen molar-refractivity contribution in [3.8, 4) is 11.1 Å². The first-order valence-corrected chi connectivity index (χ1v) is 7.30. The Hall–Kier alpha value is -2.35. The number of hydrogen-bond acceptors (Lipinski definition) is 1. The molecule has 0 atom stereocenters. The molecule has 3 rings (SSSR count). The predicted molar refractivity (Wildman–Crippen MR) is 87.5 cm³/mol. The molecule has 106 valence electrons. The summed E-state index contributed by atoms with van der Waals surface area (Å²) in [6.45, 7) is 3.74. The van der Waals surface area contributed by atoms with E-state index in [1.807, 2.05) is 6.20 Å². The average molecular weight is 277 g/mol. The molecule has 0 radical (unpaired) electrons. The van der Waals surface area contributed by atoms with Crippen LogP contribution in [0.3, 0.4) is 0 Å². The highest BCUT2D eigenvalue weighted by molar-refractivity contribution is 5.96. The smallest absolute Gasteiger partial charge is 0.130 e. The van der Waals surface area contributed by atoms with E-state index in [0.29, 0.717) is 6.42 Å². The summed E-state index contributed by atoms with van der Waals surface area (Å²) >= 11 is 0. The van der Waals surface area contributed by atoms with Crippen LogP contribution < -0.4 is 0 Å². The molecule has 0 fully saturated rings. The highest BCUT2D eigenvalue weighted by Crippen LogP contribution is 2.30. The fourth-order valence-electron chi connectivity index (χ4n) is 2.70. The summed E-state index contributed by atoms with van der Waals surface area (Å²) in [5.74, 6) is 0.235. The molecule has 1 N–H and O–H groups in total. The number of rotatable bonds is 4. The Morgan fingerprint density at radius 2 is 1.86 bits per heavy atom. The van der Waals surface area contributed by atoms with Crippen LogP contribution in [0.4, 0.5) is 0 Å². The van der Waals surface area contributed by atoms with Gasteiger partial charge in [0.2, 0.25) is 0 Å². The zero-order valence-corrected chi connectivity index (χ0v) is 12.4. The normalized spacial score (nSPS) is 11.0. The third-order valence-electron chi connectivity index (χ3n) is 3.91. The van der Waals surface area contributed by atoms with Crippen LogP contribution in [0, 0.1) is 6.92 Å². The second-order valence-corrected chi connectivity index (χ2v) is 5.61. The molecule has 0 saturated carbocycles. The molecule has 21 heavy (non-hydrogen) atoms. The maximum Gasteiger partial charge on any atom is 0.130 e. The van der Waals surface area contributed by atoms with Gasteiger partial charge in [-0.1, -0.05) is 48.0 Å². The van der Waals surface area contributed by atoms with Gasteiger partial charge in [0.1, 0.15) is 5.78 Å². The lowest BCUT2D eigenvalue weighted by molar-refractivity contribution is -0.116. The van der Waals surface area contributed by atoms with Gasteiger partial charge in [-0.05, 0) is 31.4 Å². The van der Waals surface area contributed by atoms with E-state index in [4.69, 9.17) is 0 Å². The fraction of sp³-hybridized carbons (Fsp3) is 0.211. The molecule has 2 aromatic carbocycles. The molecule has 1 heterocycles. The molecule has 3 aromatic rings. The Balaban J connectivity index is 2.05. The molecule has 0 spiro atoms. The van der Waals surface area contributed by atoms with Crippen LogP contribution in [-0.2, 0) is 11.2 Å². The maximum absolute atomic E-state index is 11.2. The Kier molecular flexibility index (Phi) is 3.61. The predicted octanol–water partition coefficient (Wildman–Crippen LogP) is 4.66. The number of H-pyrrole nitrogens is 1. The number of Topliss-reactive ketones (excluding diaryl/α,β-unsaturated/α-hetero) is 1. The van der Waals surface area contributed by atoms with Gasteiger partial charge in [-0.3, -0.25) is 0 Å². The van der Waals surface area contributed by atoms with Gasteiger partial charge in [-0.2, -0.15) is 0 Å².